The number of nitrogens with one attached hydrogen (secondary N) is 2. The molecule has 1 heterocycles. The summed E-state index contributed by atoms with van der Waals surface area (Å²) in [6.07, 6.45) is 1.65. The van der Waals surface area contributed by atoms with Crippen LogP contribution in [-0.4, -0.2) is 30.3 Å². The predicted molar refractivity (Wildman–Crippen MR) is 113 cm³/mol. The quantitative estimate of drug-likeness (QED) is 0.340. The summed E-state index contributed by atoms with van der Waals surface area (Å²) in [6.45, 7) is 1.24. The summed E-state index contributed by atoms with van der Waals surface area (Å²) in [5, 5.41) is 6.46. The van der Waals surface area contributed by atoms with Crippen molar-refractivity contribution in [2.75, 3.05) is 19.3 Å². The van der Waals surface area contributed by atoms with E-state index in [9.17, 15) is 4.39 Å². The van der Waals surface area contributed by atoms with E-state index in [0.717, 1.165) is 29.1 Å². The number of aliphatic imine (C=N–C) groups is 1. The van der Waals surface area contributed by atoms with E-state index in [2.05, 4.69) is 20.6 Å². The van der Waals surface area contributed by atoms with Crippen LogP contribution in [0, 0.1) is 5.82 Å². The van der Waals surface area contributed by atoms with Crippen LogP contribution in [0.25, 0.3) is 11.5 Å². The zero-order valence-electron chi connectivity index (χ0n) is 15.7. The Morgan fingerprint density at radius 2 is 1.89 bits per heavy atom. The Kier molecular flexibility index (Phi) is 7.49. The number of nitrogens with zero attached hydrogens (tertiary/aromatic N) is 2. The van der Waals surface area contributed by atoms with Gasteiger partial charge in [-0.05, 0) is 23.8 Å². The van der Waals surface area contributed by atoms with Gasteiger partial charge in [0.15, 0.2) is 5.96 Å². The summed E-state index contributed by atoms with van der Waals surface area (Å²) in [4.78, 5) is 8.69. The van der Waals surface area contributed by atoms with Crippen molar-refractivity contribution in [2.45, 2.75) is 12.3 Å². The fourth-order valence-electron chi connectivity index (χ4n) is 2.54. The molecule has 3 aromatic rings. The first-order valence-electron chi connectivity index (χ1n) is 9.02. The van der Waals surface area contributed by atoms with E-state index < -0.39 is 0 Å². The van der Waals surface area contributed by atoms with E-state index >= 15 is 0 Å². The van der Waals surface area contributed by atoms with Crippen LogP contribution in [-0.2, 0) is 12.3 Å². The maximum absolute atomic E-state index is 13.6. The maximum atomic E-state index is 13.6. The largest absolute Gasteiger partial charge is 0.444 e. The molecular formula is C21H23FN4OS. The van der Waals surface area contributed by atoms with Crippen LogP contribution < -0.4 is 10.6 Å². The summed E-state index contributed by atoms with van der Waals surface area (Å²) in [6, 6.07) is 16.7. The lowest BCUT2D eigenvalue weighted by atomic mass is 10.2. The van der Waals surface area contributed by atoms with E-state index in [-0.39, 0.29) is 5.82 Å². The summed E-state index contributed by atoms with van der Waals surface area (Å²) in [7, 11) is 1.72. The molecule has 3 rings (SSSR count). The van der Waals surface area contributed by atoms with Crippen molar-refractivity contribution in [1.82, 2.24) is 15.6 Å². The minimum Gasteiger partial charge on any atom is -0.444 e. The predicted octanol–water partition coefficient (Wildman–Crippen LogP) is 4.08. The highest BCUT2D eigenvalue weighted by Gasteiger charge is 2.07. The monoisotopic (exact) mass is 398 g/mol. The van der Waals surface area contributed by atoms with Gasteiger partial charge in [0.2, 0.25) is 5.89 Å². The number of halogens is 1. The minimum atomic E-state index is -0.150. The zero-order chi connectivity index (χ0) is 19.6. The number of benzene rings is 2. The molecule has 0 unspecified atom stereocenters. The lowest BCUT2D eigenvalue weighted by molar-refractivity contribution is 0.572. The van der Waals surface area contributed by atoms with Gasteiger partial charge in [0.1, 0.15) is 12.1 Å². The maximum Gasteiger partial charge on any atom is 0.226 e. The molecule has 0 bridgehead atoms. The second-order valence-corrected chi connectivity index (χ2v) is 7.11. The van der Waals surface area contributed by atoms with E-state index in [1.54, 1.807) is 31.1 Å². The Morgan fingerprint density at radius 3 is 2.68 bits per heavy atom. The lowest BCUT2D eigenvalue weighted by Crippen LogP contribution is -2.38. The highest BCUT2D eigenvalue weighted by Crippen LogP contribution is 2.17. The Balaban J connectivity index is 1.38. The summed E-state index contributed by atoms with van der Waals surface area (Å²) >= 11 is 1.68. The van der Waals surface area contributed by atoms with Gasteiger partial charge in [-0.15, -0.1) is 0 Å². The van der Waals surface area contributed by atoms with Crippen LogP contribution in [0.5, 0.6) is 0 Å². The van der Waals surface area contributed by atoms with Gasteiger partial charge in [0, 0.05) is 30.7 Å². The molecule has 0 atom stereocenters. The van der Waals surface area contributed by atoms with Gasteiger partial charge >= 0.3 is 0 Å². The van der Waals surface area contributed by atoms with Crippen molar-refractivity contribution in [2.24, 2.45) is 4.99 Å². The number of hydrogen-bond donors (Lipinski definition) is 2. The third-order valence-electron chi connectivity index (χ3n) is 3.99. The molecule has 7 heteroatoms. The van der Waals surface area contributed by atoms with Gasteiger partial charge in [-0.3, -0.25) is 4.99 Å². The number of rotatable bonds is 8. The molecule has 0 spiro atoms. The average molecular weight is 399 g/mol. The van der Waals surface area contributed by atoms with Crippen LogP contribution in [0.3, 0.4) is 0 Å². The topological polar surface area (TPSA) is 62.5 Å². The van der Waals surface area contributed by atoms with Gasteiger partial charge in [-0.1, -0.05) is 36.4 Å². The smallest absolute Gasteiger partial charge is 0.226 e. The van der Waals surface area contributed by atoms with E-state index in [0.29, 0.717) is 24.1 Å². The van der Waals surface area contributed by atoms with Gasteiger partial charge in [-0.25, -0.2) is 9.37 Å². The molecule has 0 aliphatic rings. The van der Waals surface area contributed by atoms with Gasteiger partial charge < -0.3 is 15.1 Å². The van der Waals surface area contributed by atoms with E-state index in [1.165, 1.54) is 6.07 Å². The molecule has 0 saturated heterocycles. The summed E-state index contributed by atoms with van der Waals surface area (Å²) in [5.41, 5.74) is 2.48. The second-order valence-electron chi connectivity index (χ2n) is 6.01. The molecule has 1 aromatic heterocycles. The number of hydrogen-bond acceptors (Lipinski definition) is 4. The van der Waals surface area contributed by atoms with Gasteiger partial charge in [0.25, 0.3) is 0 Å². The van der Waals surface area contributed by atoms with E-state index in [1.807, 2.05) is 42.5 Å². The van der Waals surface area contributed by atoms with E-state index in [4.69, 9.17) is 4.42 Å². The van der Waals surface area contributed by atoms with Crippen LogP contribution in [0.15, 0.2) is 70.3 Å². The Hall–Kier alpha value is -2.80. The van der Waals surface area contributed by atoms with Crippen molar-refractivity contribution >= 4 is 17.7 Å². The first-order chi connectivity index (χ1) is 13.8. The van der Waals surface area contributed by atoms with Crippen molar-refractivity contribution < 1.29 is 8.81 Å². The van der Waals surface area contributed by atoms with Crippen molar-refractivity contribution in [1.29, 1.82) is 0 Å². The summed E-state index contributed by atoms with van der Waals surface area (Å²) < 4.78 is 19.1. The fraction of sp³-hybridized carbons (Fsp3) is 0.238. The molecule has 0 aliphatic heterocycles. The molecule has 2 aromatic carbocycles. The van der Waals surface area contributed by atoms with Crippen molar-refractivity contribution in [3.63, 3.8) is 0 Å². The zero-order valence-corrected chi connectivity index (χ0v) is 16.5. The third kappa shape index (κ3) is 5.85. The molecule has 0 radical (unpaired) electrons. The Bertz CT molecular complexity index is 898. The molecule has 2 N–H and O–H groups in total. The molecule has 28 heavy (non-hydrogen) atoms. The van der Waals surface area contributed by atoms with Crippen LogP contribution in [0.1, 0.15) is 11.3 Å². The molecule has 0 fully saturated rings. The normalized spacial score (nSPS) is 11.4. The molecule has 0 saturated carbocycles. The average Bonchev–Trinajstić information content (AvgIpc) is 3.21. The Labute approximate surface area is 168 Å². The first kappa shape index (κ1) is 19.9. The Morgan fingerprint density at radius 1 is 1.11 bits per heavy atom. The standard InChI is InChI=1S/C21H23FN4OS/c1-23-21(24-11-12-28-15-17-9-5-6-10-19(17)22)25-13-18-14-27-20(26-18)16-7-3-2-4-8-16/h2-10,14H,11-13,15H2,1H3,(H2,23,24,25). The minimum absolute atomic E-state index is 0.150. The number of aromatic nitrogens is 1. The van der Waals surface area contributed by atoms with Crippen LogP contribution in [0.4, 0.5) is 4.39 Å². The lowest BCUT2D eigenvalue weighted by Gasteiger charge is -2.10. The molecule has 5 nitrogen and oxygen atoms in total. The molecular weight excluding hydrogens is 375 g/mol. The van der Waals surface area contributed by atoms with Crippen molar-refractivity contribution in [3.05, 3.63) is 77.9 Å². The molecule has 0 aliphatic carbocycles. The van der Waals surface area contributed by atoms with Gasteiger partial charge in [-0.2, -0.15) is 11.8 Å². The summed E-state index contributed by atoms with van der Waals surface area (Å²) in [5.74, 6) is 2.64. The SMILES string of the molecule is CN=C(NCCSCc1ccccc1F)NCc1coc(-c2ccccc2)n1. The van der Waals surface area contributed by atoms with Crippen LogP contribution in [0.2, 0.25) is 0 Å². The highest BCUT2D eigenvalue weighted by molar-refractivity contribution is 7.98. The fourth-order valence-corrected chi connectivity index (χ4v) is 3.38. The van der Waals surface area contributed by atoms with Crippen molar-refractivity contribution in [3.8, 4) is 11.5 Å². The second kappa shape index (κ2) is 10.5. The molecule has 0 amide bonds. The first-order valence-corrected chi connectivity index (χ1v) is 10.2. The highest BCUT2D eigenvalue weighted by atomic mass is 32.2. The molecule has 146 valence electrons. The number of guanidine groups is 1. The van der Waals surface area contributed by atoms with Gasteiger partial charge in [0.05, 0.1) is 12.2 Å². The van der Waals surface area contributed by atoms with Crippen LogP contribution >= 0.6 is 11.8 Å². The number of thioether (sulfide) groups is 1. The number of oxazole rings is 1. The third-order valence-corrected chi connectivity index (χ3v) is 5.00.